The monoisotopic (exact) mass is 287 g/mol. The van der Waals surface area contributed by atoms with Gasteiger partial charge in [-0.25, -0.2) is 4.98 Å². The number of anilines is 2. The summed E-state index contributed by atoms with van der Waals surface area (Å²) in [6.45, 7) is 1.85. The summed E-state index contributed by atoms with van der Waals surface area (Å²) in [6.07, 6.45) is 0. The highest BCUT2D eigenvalue weighted by atomic mass is 16.5. The fourth-order valence-electron chi connectivity index (χ4n) is 1.87. The summed E-state index contributed by atoms with van der Waals surface area (Å²) in [4.78, 5) is 16.6. The molecule has 21 heavy (non-hydrogen) atoms. The van der Waals surface area contributed by atoms with Gasteiger partial charge in [0.1, 0.15) is 17.3 Å². The second kappa shape index (κ2) is 6.13. The highest BCUT2D eigenvalue weighted by Gasteiger charge is 2.16. The molecular weight excluding hydrogens is 270 g/mol. The molecule has 110 valence electrons. The number of carbonyl (C=O) groups is 1. The molecule has 0 radical (unpaired) electrons. The number of hydrogen-bond donors (Lipinski definition) is 2. The first-order chi connectivity index (χ1) is 10.0. The maximum atomic E-state index is 12.3. The zero-order valence-electron chi connectivity index (χ0n) is 12.1. The lowest BCUT2D eigenvalue weighted by Crippen LogP contribution is -2.15. The number of methoxy groups -OCH3 is 2. The van der Waals surface area contributed by atoms with E-state index in [0.29, 0.717) is 17.3 Å². The lowest BCUT2D eigenvalue weighted by Gasteiger charge is -2.12. The Bertz CT molecular complexity index is 671. The molecule has 0 saturated heterocycles. The molecule has 0 fully saturated rings. The number of nitrogen functional groups attached to an aromatic ring is 1. The molecule has 1 heterocycles. The Morgan fingerprint density at radius 3 is 2.62 bits per heavy atom. The van der Waals surface area contributed by atoms with Crippen LogP contribution < -0.4 is 20.5 Å². The average Bonchev–Trinajstić information content (AvgIpc) is 2.47. The Balaban J connectivity index is 2.34. The predicted molar refractivity (Wildman–Crippen MR) is 80.9 cm³/mol. The number of nitrogens with zero attached hydrogens (tertiary/aromatic N) is 1. The molecule has 1 amide bonds. The molecular formula is C15H17N3O3. The number of ether oxygens (including phenoxy) is 2. The fraction of sp³-hybridized carbons (Fsp3) is 0.200. The van der Waals surface area contributed by atoms with Crippen molar-refractivity contribution in [2.45, 2.75) is 6.92 Å². The number of pyridine rings is 1. The summed E-state index contributed by atoms with van der Waals surface area (Å²) in [6, 6.07) is 8.55. The molecule has 0 aliphatic heterocycles. The van der Waals surface area contributed by atoms with Crippen LogP contribution in [-0.4, -0.2) is 25.1 Å². The second-order valence-corrected chi connectivity index (χ2v) is 4.41. The van der Waals surface area contributed by atoms with Crippen LogP contribution in [-0.2, 0) is 0 Å². The molecule has 6 heteroatoms. The Morgan fingerprint density at radius 2 is 2.00 bits per heavy atom. The Hall–Kier alpha value is -2.76. The van der Waals surface area contributed by atoms with Gasteiger partial charge >= 0.3 is 0 Å². The molecule has 1 aromatic heterocycles. The minimum Gasteiger partial charge on any atom is -0.497 e. The first-order valence-corrected chi connectivity index (χ1v) is 6.31. The summed E-state index contributed by atoms with van der Waals surface area (Å²) >= 11 is 0. The molecule has 0 aliphatic rings. The number of hydrogen-bond acceptors (Lipinski definition) is 5. The molecule has 0 aliphatic carbocycles. The molecule has 0 unspecified atom stereocenters. The fourth-order valence-corrected chi connectivity index (χ4v) is 1.87. The summed E-state index contributed by atoms with van der Waals surface area (Å²) in [5.41, 5.74) is 7.28. The molecule has 0 atom stereocenters. The number of nitrogens with one attached hydrogen (secondary N) is 1. The maximum Gasteiger partial charge on any atom is 0.259 e. The maximum absolute atomic E-state index is 12.3. The van der Waals surface area contributed by atoms with Gasteiger partial charge in [0.05, 0.1) is 25.5 Å². The summed E-state index contributed by atoms with van der Waals surface area (Å²) < 4.78 is 10.3. The van der Waals surface area contributed by atoms with E-state index in [1.165, 1.54) is 14.2 Å². The van der Waals surface area contributed by atoms with Gasteiger partial charge < -0.3 is 20.5 Å². The normalized spacial score (nSPS) is 10.0. The van der Waals surface area contributed by atoms with Gasteiger partial charge in [-0.1, -0.05) is 6.07 Å². The third-order valence-electron chi connectivity index (χ3n) is 2.95. The summed E-state index contributed by atoms with van der Waals surface area (Å²) in [5.74, 6) is 0.962. The van der Waals surface area contributed by atoms with E-state index in [2.05, 4.69) is 10.3 Å². The number of nitrogens with two attached hydrogens (primary N) is 1. The van der Waals surface area contributed by atoms with Crippen LogP contribution in [0.3, 0.4) is 0 Å². The Labute approximate surface area is 122 Å². The van der Waals surface area contributed by atoms with Crippen molar-refractivity contribution < 1.29 is 14.3 Å². The number of aryl methyl sites for hydroxylation is 1. The lowest BCUT2D eigenvalue weighted by atomic mass is 10.1. The number of benzene rings is 1. The first-order valence-electron chi connectivity index (χ1n) is 6.31. The van der Waals surface area contributed by atoms with E-state index in [9.17, 15) is 4.79 Å². The topological polar surface area (TPSA) is 86.5 Å². The Morgan fingerprint density at radius 1 is 1.24 bits per heavy atom. The van der Waals surface area contributed by atoms with Gasteiger partial charge in [-0.3, -0.25) is 4.79 Å². The Kier molecular flexibility index (Phi) is 4.27. The van der Waals surface area contributed by atoms with Crippen molar-refractivity contribution in [3.63, 3.8) is 0 Å². The second-order valence-electron chi connectivity index (χ2n) is 4.41. The van der Waals surface area contributed by atoms with E-state index in [1.807, 2.05) is 19.1 Å². The van der Waals surface area contributed by atoms with Gasteiger partial charge in [0.2, 0.25) is 0 Å². The van der Waals surface area contributed by atoms with Crippen LogP contribution >= 0.6 is 0 Å². The molecule has 1 aromatic carbocycles. The SMILES string of the molecule is COc1cc(OC)c(N)c(C(=O)Nc2cccc(C)n2)c1. The zero-order chi connectivity index (χ0) is 15.4. The minimum absolute atomic E-state index is 0.253. The highest BCUT2D eigenvalue weighted by Crippen LogP contribution is 2.31. The summed E-state index contributed by atoms with van der Waals surface area (Å²) in [7, 11) is 2.99. The van der Waals surface area contributed by atoms with Gasteiger partial charge in [-0.15, -0.1) is 0 Å². The van der Waals surface area contributed by atoms with Gasteiger partial charge in [0.25, 0.3) is 5.91 Å². The minimum atomic E-state index is -0.372. The smallest absolute Gasteiger partial charge is 0.259 e. The van der Waals surface area contributed by atoms with Gasteiger partial charge in [0, 0.05) is 11.8 Å². The third-order valence-corrected chi connectivity index (χ3v) is 2.95. The van der Waals surface area contributed by atoms with E-state index in [0.717, 1.165) is 5.69 Å². The third kappa shape index (κ3) is 3.22. The number of aromatic nitrogens is 1. The molecule has 6 nitrogen and oxygen atoms in total. The zero-order valence-corrected chi connectivity index (χ0v) is 12.1. The van der Waals surface area contributed by atoms with Crippen molar-refractivity contribution in [1.82, 2.24) is 4.98 Å². The van der Waals surface area contributed by atoms with E-state index >= 15 is 0 Å². The number of amides is 1. The summed E-state index contributed by atoms with van der Waals surface area (Å²) in [5, 5.41) is 2.70. The molecule has 0 spiro atoms. The van der Waals surface area contributed by atoms with Gasteiger partial charge in [-0.05, 0) is 25.1 Å². The predicted octanol–water partition coefficient (Wildman–Crippen LogP) is 2.24. The van der Waals surface area contributed by atoms with Gasteiger partial charge in [0.15, 0.2) is 0 Å². The van der Waals surface area contributed by atoms with E-state index in [4.69, 9.17) is 15.2 Å². The number of rotatable bonds is 4. The molecule has 3 N–H and O–H groups in total. The van der Waals surface area contributed by atoms with Crippen molar-refractivity contribution in [1.29, 1.82) is 0 Å². The molecule has 2 rings (SSSR count). The highest BCUT2D eigenvalue weighted by molar-refractivity contribution is 6.08. The van der Waals surface area contributed by atoms with Crippen molar-refractivity contribution in [2.24, 2.45) is 0 Å². The van der Waals surface area contributed by atoms with Crippen molar-refractivity contribution in [3.8, 4) is 11.5 Å². The first kappa shape index (κ1) is 14.6. The standard InChI is InChI=1S/C15H17N3O3/c1-9-5-4-6-13(17-9)18-15(19)11-7-10(20-2)8-12(21-3)14(11)16/h4-8H,16H2,1-3H3,(H,17,18,19). The van der Waals surface area contributed by atoms with E-state index in [-0.39, 0.29) is 17.2 Å². The number of carbonyl (C=O) groups excluding carboxylic acids is 1. The molecule has 0 bridgehead atoms. The lowest BCUT2D eigenvalue weighted by molar-refractivity contribution is 0.102. The molecule has 2 aromatic rings. The van der Waals surface area contributed by atoms with E-state index in [1.54, 1.807) is 18.2 Å². The van der Waals surface area contributed by atoms with Crippen LogP contribution in [0.5, 0.6) is 11.5 Å². The van der Waals surface area contributed by atoms with E-state index < -0.39 is 0 Å². The van der Waals surface area contributed by atoms with Crippen LogP contribution in [0.2, 0.25) is 0 Å². The van der Waals surface area contributed by atoms with Crippen LogP contribution in [0, 0.1) is 6.92 Å². The van der Waals surface area contributed by atoms with Crippen LogP contribution in [0.1, 0.15) is 16.1 Å². The van der Waals surface area contributed by atoms with Crippen molar-refractivity contribution in [3.05, 3.63) is 41.6 Å². The largest absolute Gasteiger partial charge is 0.497 e. The van der Waals surface area contributed by atoms with Gasteiger partial charge in [-0.2, -0.15) is 0 Å². The van der Waals surface area contributed by atoms with Crippen molar-refractivity contribution >= 4 is 17.4 Å². The quantitative estimate of drug-likeness (QED) is 0.842. The van der Waals surface area contributed by atoms with Crippen LogP contribution in [0.15, 0.2) is 30.3 Å². The van der Waals surface area contributed by atoms with Crippen LogP contribution in [0.25, 0.3) is 0 Å². The van der Waals surface area contributed by atoms with Crippen molar-refractivity contribution in [2.75, 3.05) is 25.3 Å². The molecule has 0 saturated carbocycles. The van der Waals surface area contributed by atoms with Crippen LogP contribution in [0.4, 0.5) is 11.5 Å². The average molecular weight is 287 g/mol.